The van der Waals surface area contributed by atoms with Gasteiger partial charge < -0.3 is 20.7 Å². The van der Waals surface area contributed by atoms with Crippen LogP contribution in [0.3, 0.4) is 0 Å². The molecule has 1 saturated carbocycles. The molecule has 1 aliphatic carbocycles. The minimum absolute atomic E-state index is 0.00857. The third-order valence-corrected chi connectivity index (χ3v) is 6.04. The van der Waals surface area contributed by atoms with E-state index in [1.54, 1.807) is 11.4 Å². The van der Waals surface area contributed by atoms with Crippen LogP contribution >= 0.6 is 11.3 Å². The molecule has 1 fully saturated rings. The average Bonchev–Trinajstić information content (AvgIpc) is 3.49. The number of hydrogen-bond acceptors (Lipinski definition) is 7. The van der Waals surface area contributed by atoms with Gasteiger partial charge in [0.15, 0.2) is 10.9 Å². The number of aryl methyl sites for hydroxylation is 1. The van der Waals surface area contributed by atoms with E-state index in [1.807, 2.05) is 19.1 Å². The van der Waals surface area contributed by atoms with Crippen LogP contribution in [0.15, 0.2) is 23.6 Å². The molecule has 1 aromatic heterocycles. The number of Topliss-reactive ketones (excluding diaryl/α,β-unsaturated/α-hetero) is 1. The van der Waals surface area contributed by atoms with E-state index in [1.165, 1.54) is 18.4 Å². The molecule has 0 spiro atoms. The molecule has 10 nitrogen and oxygen atoms in total. The molecule has 0 radical (unpaired) electrons. The van der Waals surface area contributed by atoms with Gasteiger partial charge in [-0.2, -0.15) is 0 Å². The van der Waals surface area contributed by atoms with Crippen molar-refractivity contribution in [2.45, 2.75) is 39.2 Å². The number of thiazole rings is 1. The Morgan fingerprint density at radius 2 is 1.85 bits per heavy atom. The Bertz CT molecular complexity index is 1030. The normalized spacial score (nSPS) is 13.3. The van der Waals surface area contributed by atoms with E-state index in [9.17, 15) is 19.2 Å². The molecule has 0 bridgehead atoms. The fourth-order valence-electron chi connectivity index (χ4n) is 3.53. The molecule has 4 amide bonds. The third kappa shape index (κ3) is 7.01. The van der Waals surface area contributed by atoms with Crippen molar-refractivity contribution in [3.8, 4) is 0 Å². The summed E-state index contributed by atoms with van der Waals surface area (Å²) in [6.45, 7) is 1.79. The van der Waals surface area contributed by atoms with Crippen molar-refractivity contribution in [2.24, 2.45) is 5.92 Å². The molecule has 2 aromatic rings. The number of esters is 1. The van der Waals surface area contributed by atoms with Gasteiger partial charge in [0, 0.05) is 16.9 Å². The fraction of sp³-hybridized carbons (Fsp3) is 0.409. The van der Waals surface area contributed by atoms with Crippen LogP contribution in [0.25, 0.3) is 0 Å². The van der Waals surface area contributed by atoms with Gasteiger partial charge in [0.1, 0.15) is 6.54 Å². The van der Waals surface area contributed by atoms with Crippen molar-refractivity contribution in [3.63, 3.8) is 0 Å². The highest BCUT2D eigenvalue weighted by atomic mass is 32.1. The second kappa shape index (κ2) is 11.4. The largest absolute Gasteiger partial charge is 0.468 e. The zero-order chi connectivity index (χ0) is 23.8. The summed E-state index contributed by atoms with van der Waals surface area (Å²) in [6.07, 6.45) is 3.88. The number of nitrogens with zero attached hydrogens (tertiary/aromatic N) is 1. The summed E-state index contributed by atoms with van der Waals surface area (Å²) in [5.41, 5.74) is 2.49. The Morgan fingerprint density at radius 3 is 2.58 bits per heavy atom. The third-order valence-electron chi connectivity index (χ3n) is 5.24. The first-order valence-corrected chi connectivity index (χ1v) is 11.5. The maximum absolute atomic E-state index is 12.9. The first-order valence-electron chi connectivity index (χ1n) is 10.6. The molecule has 176 valence electrons. The number of anilines is 2. The van der Waals surface area contributed by atoms with E-state index >= 15 is 0 Å². The number of nitrogens with one attached hydrogen (secondary N) is 4. The molecule has 0 aliphatic heterocycles. The van der Waals surface area contributed by atoms with Gasteiger partial charge in [0.25, 0.3) is 0 Å². The number of carbonyl (C=O) groups excluding carboxylic acids is 4. The SMILES string of the molecule is COC(=O)CNC(=O)NCc1csc(NC(=O)Nc2ccc(C)cc2C(=O)C2CCCC2)n1. The highest BCUT2D eigenvalue weighted by Gasteiger charge is 2.26. The van der Waals surface area contributed by atoms with E-state index in [-0.39, 0.29) is 24.8 Å². The highest BCUT2D eigenvalue weighted by Crippen LogP contribution is 2.31. The van der Waals surface area contributed by atoms with Crippen molar-refractivity contribution in [1.29, 1.82) is 0 Å². The van der Waals surface area contributed by atoms with Gasteiger partial charge in [-0.3, -0.25) is 14.9 Å². The fourth-order valence-corrected chi connectivity index (χ4v) is 4.24. The van der Waals surface area contributed by atoms with Crippen LogP contribution in [0.1, 0.15) is 47.3 Å². The number of methoxy groups -OCH3 is 1. The minimum atomic E-state index is -0.557. The van der Waals surface area contributed by atoms with Crippen molar-refractivity contribution in [2.75, 3.05) is 24.3 Å². The summed E-state index contributed by atoms with van der Waals surface area (Å²) >= 11 is 1.20. The van der Waals surface area contributed by atoms with Crippen molar-refractivity contribution in [1.82, 2.24) is 15.6 Å². The summed E-state index contributed by atoms with van der Waals surface area (Å²) in [4.78, 5) is 52.4. The predicted molar refractivity (Wildman–Crippen MR) is 124 cm³/mol. The van der Waals surface area contributed by atoms with E-state index in [2.05, 4.69) is 31.0 Å². The van der Waals surface area contributed by atoms with Crippen LogP contribution in [0.2, 0.25) is 0 Å². The molecule has 1 heterocycles. The lowest BCUT2D eigenvalue weighted by Gasteiger charge is -2.14. The van der Waals surface area contributed by atoms with Crippen LogP contribution < -0.4 is 21.3 Å². The van der Waals surface area contributed by atoms with Crippen molar-refractivity contribution in [3.05, 3.63) is 40.4 Å². The van der Waals surface area contributed by atoms with Crippen molar-refractivity contribution < 1.29 is 23.9 Å². The second-order valence-corrected chi connectivity index (χ2v) is 8.59. The molecule has 3 rings (SSSR count). The van der Waals surface area contributed by atoms with Gasteiger partial charge in [0.05, 0.1) is 25.0 Å². The summed E-state index contributed by atoms with van der Waals surface area (Å²) in [7, 11) is 1.23. The zero-order valence-electron chi connectivity index (χ0n) is 18.5. The number of benzene rings is 1. The van der Waals surface area contributed by atoms with Gasteiger partial charge >= 0.3 is 18.0 Å². The number of ketones is 1. The first-order chi connectivity index (χ1) is 15.9. The lowest BCUT2D eigenvalue weighted by molar-refractivity contribution is -0.139. The maximum atomic E-state index is 12.9. The van der Waals surface area contributed by atoms with Gasteiger partial charge in [-0.1, -0.05) is 24.5 Å². The van der Waals surface area contributed by atoms with Gasteiger partial charge in [-0.15, -0.1) is 11.3 Å². The Balaban J connectivity index is 1.54. The minimum Gasteiger partial charge on any atom is -0.468 e. The molecule has 33 heavy (non-hydrogen) atoms. The van der Waals surface area contributed by atoms with Crippen LogP contribution in [0.5, 0.6) is 0 Å². The summed E-state index contributed by atoms with van der Waals surface area (Å²) in [6, 6.07) is 4.35. The van der Waals surface area contributed by atoms with Gasteiger partial charge in [-0.25, -0.2) is 14.6 Å². The number of hydrogen-bond donors (Lipinski definition) is 4. The molecule has 0 atom stereocenters. The van der Waals surface area contributed by atoms with Gasteiger partial charge in [0.2, 0.25) is 0 Å². The quantitative estimate of drug-likeness (QED) is 0.342. The zero-order valence-corrected chi connectivity index (χ0v) is 19.3. The van der Waals surface area contributed by atoms with Crippen LogP contribution in [-0.2, 0) is 16.1 Å². The van der Waals surface area contributed by atoms with Crippen molar-refractivity contribution >= 4 is 46.0 Å². The summed E-state index contributed by atoms with van der Waals surface area (Å²) in [5, 5.41) is 12.4. The smallest absolute Gasteiger partial charge is 0.325 e. The lowest BCUT2D eigenvalue weighted by Crippen LogP contribution is -2.38. The number of ether oxygens (including phenoxy) is 1. The Hall–Kier alpha value is -3.47. The number of carbonyl (C=O) groups is 4. The van der Waals surface area contributed by atoms with E-state index in [0.29, 0.717) is 22.1 Å². The Labute approximate surface area is 195 Å². The topological polar surface area (TPSA) is 139 Å². The van der Waals surface area contributed by atoms with E-state index < -0.39 is 18.0 Å². The van der Waals surface area contributed by atoms with Crippen LogP contribution in [0.4, 0.5) is 20.4 Å². The monoisotopic (exact) mass is 473 g/mol. The molecule has 1 aliphatic rings. The molecule has 0 unspecified atom stereocenters. The molecule has 0 saturated heterocycles. The number of rotatable bonds is 8. The Kier molecular flexibility index (Phi) is 8.36. The second-order valence-electron chi connectivity index (χ2n) is 7.73. The predicted octanol–water partition coefficient (Wildman–Crippen LogP) is 3.44. The van der Waals surface area contributed by atoms with Crippen LogP contribution in [-0.4, -0.2) is 42.5 Å². The molecule has 4 N–H and O–H groups in total. The Morgan fingerprint density at radius 1 is 1.09 bits per heavy atom. The summed E-state index contributed by atoms with van der Waals surface area (Å²) < 4.78 is 4.44. The first kappa shape index (κ1) is 24.2. The van der Waals surface area contributed by atoms with E-state index in [4.69, 9.17) is 0 Å². The molecular weight excluding hydrogens is 446 g/mol. The van der Waals surface area contributed by atoms with Gasteiger partial charge in [-0.05, 0) is 31.9 Å². The summed E-state index contributed by atoms with van der Waals surface area (Å²) in [5.74, 6) is -0.480. The average molecular weight is 474 g/mol. The molecule has 11 heteroatoms. The molecule has 1 aromatic carbocycles. The van der Waals surface area contributed by atoms with E-state index in [0.717, 1.165) is 31.2 Å². The molecular formula is C22H27N5O5S. The van der Waals surface area contributed by atoms with Crippen LogP contribution in [0, 0.1) is 12.8 Å². The number of amides is 4. The number of aromatic nitrogens is 1. The number of urea groups is 2. The maximum Gasteiger partial charge on any atom is 0.325 e. The standard InChI is InChI=1S/C22H27N5O5S/c1-13-7-8-17(16(9-13)19(29)14-5-3-4-6-14)26-21(31)27-22-25-15(12-33-22)10-23-20(30)24-11-18(28)32-2/h7-9,12,14H,3-6,10-11H2,1-2H3,(H2,23,24,30)(H2,25,26,27,31). The lowest BCUT2D eigenvalue weighted by atomic mass is 9.94. The highest BCUT2D eigenvalue weighted by molar-refractivity contribution is 7.13.